The van der Waals surface area contributed by atoms with E-state index in [0.29, 0.717) is 0 Å². The number of nitrogens with one attached hydrogen (secondary N) is 1. The fourth-order valence-corrected chi connectivity index (χ4v) is 0.933. The van der Waals surface area contributed by atoms with E-state index in [9.17, 15) is 9.59 Å². The molecule has 0 atom stereocenters. The van der Waals surface area contributed by atoms with Crippen LogP contribution in [0.25, 0.3) is 6.08 Å². The molecule has 114 valence electrons. The van der Waals surface area contributed by atoms with Crippen LogP contribution in [0.5, 0.6) is 0 Å². The Balaban J connectivity index is 0. The lowest BCUT2D eigenvalue weighted by atomic mass is 10.2. The van der Waals surface area contributed by atoms with Crippen molar-refractivity contribution in [1.82, 2.24) is 5.32 Å². The molecule has 1 rings (SSSR count). The Morgan fingerprint density at radius 2 is 1.57 bits per heavy atom. The minimum absolute atomic E-state index is 0.111. The van der Waals surface area contributed by atoms with Crippen molar-refractivity contribution in [2.24, 2.45) is 0 Å². The molecule has 0 aliphatic heterocycles. The molecular formula is C17H23NO3. The molecule has 4 nitrogen and oxygen atoms in total. The maximum Gasteiger partial charge on any atom is 0.327 e. The van der Waals surface area contributed by atoms with Gasteiger partial charge in [-0.1, -0.05) is 56.1 Å². The van der Waals surface area contributed by atoms with Crippen LogP contribution in [0.2, 0.25) is 0 Å². The number of hydrogen-bond acceptors (Lipinski definition) is 2. The largest absolute Gasteiger partial charge is 0.478 e. The summed E-state index contributed by atoms with van der Waals surface area (Å²) in [5.74, 6) is -1.09. The number of carbonyl (C=O) groups excluding carboxylic acids is 1. The van der Waals surface area contributed by atoms with Gasteiger partial charge in [0.05, 0.1) is 0 Å². The summed E-state index contributed by atoms with van der Waals surface area (Å²) in [5.41, 5.74) is 1.17. The topological polar surface area (TPSA) is 66.4 Å². The molecule has 0 fully saturated rings. The molecule has 0 aliphatic carbocycles. The van der Waals surface area contributed by atoms with Crippen molar-refractivity contribution in [1.29, 1.82) is 0 Å². The van der Waals surface area contributed by atoms with E-state index in [-0.39, 0.29) is 11.9 Å². The molecular weight excluding hydrogens is 266 g/mol. The zero-order valence-corrected chi connectivity index (χ0v) is 12.6. The summed E-state index contributed by atoms with van der Waals surface area (Å²) in [4.78, 5) is 19.6. The summed E-state index contributed by atoms with van der Waals surface area (Å²) in [6.07, 6.45) is 3.93. The average Bonchev–Trinajstić information content (AvgIpc) is 2.48. The summed E-state index contributed by atoms with van der Waals surface area (Å²) in [5, 5.41) is 10.2. The molecule has 0 aliphatic rings. The van der Waals surface area contributed by atoms with Gasteiger partial charge in [-0.15, -0.1) is 0 Å². The van der Waals surface area contributed by atoms with Gasteiger partial charge in [0.25, 0.3) is 0 Å². The van der Waals surface area contributed by atoms with E-state index in [1.165, 1.54) is 11.6 Å². The first-order chi connectivity index (χ1) is 9.87. The van der Waals surface area contributed by atoms with Crippen LogP contribution in [0.1, 0.15) is 19.4 Å². The van der Waals surface area contributed by atoms with Crippen LogP contribution in [0.3, 0.4) is 0 Å². The van der Waals surface area contributed by atoms with Crippen molar-refractivity contribution in [2.75, 3.05) is 0 Å². The molecule has 2 N–H and O–H groups in total. The third-order valence-corrected chi connectivity index (χ3v) is 1.83. The number of carboxylic acids is 1. The Kier molecular flexibility index (Phi) is 13.6. The Morgan fingerprint density at radius 1 is 1.10 bits per heavy atom. The SMILES string of the molecule is C=CC(=O)NC(C)C.C=CC(=O)O.C=Cc1ccccc1. The van der Waals surface area contributed by atoms with E-state index in [2.05, 4.69) is 25.1 Å². The minimum Gasteiger partial charge on any atom is -0.478 e. The third-order valence-electron chi connectivity index (χ3n) is 1.83. The van der Waals surface area contributed by atoms with Crippen LogP contribution in [-0.2, 0) is 9.59 Å². The van der Waals surface area contributed by atoms with Crippen LogP contribution in [-0.4, -0.2) is 23.0 Å². The number of rotatable bonds is 4. The lowest BCUT2D eigenvalue weighted by Crippen LogP contribution is -2.27. The molecule has 0 bridgehead atoms. The highest BCUT2D eigenvalue weighted by atomic mass is 16.4. The van der Waals surface area contributed by atoms with E-state index in [0.717, 1.165) is 6.08 Å². The molecule has 0 saturated carbocycles. The van der Waals surface area contributed by atoms with Gasteiger partial charge >= 0.3 is 5.97 Å². The van der Waals surface area contributed by atoms with Crippen molar-refractivity contribution in [3.8, 4) is 0 Å². The Morgan fingerprint density at radius 3 is 1.76 bits per heavy atom. The third kappa shape index (κ3) is 17.4. The smallest absolute Gasteiger partial charge is 0.327 e. The highest BCUT2D eigenvalue weighted by Crippen LogP contribution is 1.97. The Labute approximate surface area is 126 Å². The molecule has 4 heteroatoms. The van der Waals surface area contributed by atoms with Crippen molar-refractivity contribution >= 4 is 18.0 Å². The molecule has 1 amide bonds. The van der Waals surface area contributed by atoms with E-state index in [1.807, 2.05) is 50.3 Å². The van der Waals surface area contributed by atoms with Gasteiger partial charge in [0.1, 0.15) is 0 Å². The number of aliphatic carboxylic acids is 1. The maximum atomic E-state index is 10.4. The number of carboxylic acid groups (broad SMARTS) is 1. The fourth-order valence-electron chi connectivity index (χ4n) is 0.933. The second-order valence-electron chi connectivity index (χ2n) is 4.02. The van der Waals surface area contributed by atoms with Gasteiger partial charge in [0, 0.05) is 12.1 Å². The van der Waals surface area contributed by atoms with Crippen LogP contribution >= 0.6 is 0 Å². The van der Waals surface area contributed by atoms with E-state index in [1.54, 1.807) is 0 Å². The van der Waals surface area contributed by atoms with Crippen LogP contribution in [0.4, 0.5) is 0 Å². The van der Waals surface area contributed by atoms with Gasteiger partial charge in [-0.3, -0.25) is 4.79 Å². The number of hydrogen-bond donors (Lipinski definition) is 2. The van der Waals surface area contributed by atoms with Gasteiger partial charge in [-0.25, -0.2) is 4.79 Å². The molecule has 1 aromatic rings. The Bertz CT molecular complexity index is 450. The van der Waals surface area contributed by atoms with Crippen molar-refractivity contribution < 1.29 is 14.7 Å². The quantitative estimate of drug-likeness (QED) is 0.836. The molecule has 21 heavy (non-hydrogen) atoms. The highest BCUT2D eigenvalue weighted by molar-refractivity contribution is 5.86. The first kappa shape index (κ1) is 20.7. The number of benzene rings is 1. The van der Waals surface area contributed by atoms with E-state index >= 15 is 0 Å². The summed E-state index contributed by atoms with van der Waals surface area (Å²) in [6, 6.07) is 10.2. The van der Waals surface area contributed by atoms with Gasteiger partial charge in [0.15, 0.2) is 0 Å². The second-order valence-corrected chi connectivity index (χ2v) is 4.02. The zero-order valence-electron chi connectivity index (χ0n) is 12.6. The first-order valence-electron chi connectivity index (χ1n) is 6.33. The monoisotopic (exact) mass is 289 g/mol. The molecule has 0 unspecified atom stereocenters. The average molecular weight is 289 g/mol. The summed E-state index contributed by atoms with van der Waals surface area (Å²) >= 11 is 0. The van der Waals surface area contributed by atoms with Crippen LogP contribution in [0, 0.1) is 0 Å². The van der Waals surface area contributed by atoms with Gasteiger partial charge < -0.3 is 10.4 Å². The van der Waals surface area contributed by atoms with Crippen molar-refractivity contribution in [3.63, 3.8) is 0 Å². The predicted octanol–water partition coefficient (Wildman–Crippen LogP) is 3.28. The Hall–Kier alpha value is -2.62. The second kappa shape index (κ2) is 13.8. The lowest BCUT2D eigenvalue weighted by Gasteiger charge is -2.02. The van der Waals surface area contributed by atoms with Gasteiger partial charge in [-0.2, -0.15) is 0 Å². The highest BCUT2D eigenvalue weighted by Gasteiger charge is 1.93. The molecule has 1 aromatic carbocycles. The summed E-state index contributed by atoms with van der Waals surface area (Å²) in [6.45, 7) is 13.7. The molecule has 0 heterocycles. The van der Waals surface area contributed by atoms with Crippen LogP contribution in [0.15, 0.2) is 62.2 Å². The van der Waals surface area contributed by atoms with E-state index in [4.69, 9.17) is 5.11 Å². The van der Waals surface area contributed by atoms with E-state index < -0.39 is 5.97 Å². The number of carbonyl (C=O) groups is 2. The van der Waals surface area contributed by atoms with Crippen LogP contribution < -0.4 is 5.32 Å². The molecule has 0 spiro atoms. The molecule has 0 radical (unpaired) electrons. The normalized spacial score (nSPS) is 8.14. The summed E-state index contributed by atoms with van der Waals surface area (Å²) in [7, 11) is 0. The molecule has 0 aromatic heterocycles. The van der Waals surface area contributed by atoms with Crippen molar-refractivity contribution in [2.45, 2.75) is 19.9 Å². The molecule has 0 saturated heterocycles. The van der Waals surface area contributed by atoms with Crippen molar-refractivity contribution in [3.05, 3.63) is 67.8 Å². The minimum atomic E-state index is -0.981. The zero-order chi connectivity index (χ0) is 16.7. The fraction of sp³-hybridized carbons (Fsp3) is 0.176. The maximum absolute atomic E-state index is 10.4. The van der Waals surface area contributed by atoms with Gasteiger partial charge in [-0.05, 0) is 25.5 Å². The summed E-state index contributed by atoms with van der Waals surface area (Å²) < 4.78 is 0. The van der Waals surface area contributed by atoms with Gasteiger partial charge in [0.2, 0.25) is 5.91 Å². The number of amides is 1. The predicted molar refractivity (Wildman–Crippen MR) is 87.8 cm³/mol. The first-order valence-corrected chi connectivity index (χ1v) is 6.33. The lowest BCUT2D eigenvalue weighted by molar-refractivity contribution is -0.131. The standard InChI is InChI=1S/C8H8.C6H11NO.C3H4O2/c1-2-8-6-4-3-5-7-8;1-4-6(8)7-5(2)3;1-2-3(4)5/h2-7H,1H2;4-5H,1H2,2-3H3,(H,7,8);2H,1H2,(H,4,5).